The molecule has 0 fully saturated rings. The molecule has 0 bridgehead atoms. The molecule has 1 aromatic rings. The van der Waals surface area contributed by atoms with Crippen LogP contribution in [0.15, 0.2) is 0 Å². The second-order valence-electron chi connectivity index (χ2n) is 4.77. The van der Waals surface area contributed by atoms with E-state index in [1.54, 1.807) is 0 Å². The maximum atomic E-state index is 12.0. The van der Waals surface area contributed by atoms with E-state index in [-0.39, 0.29) is 11.9 Å². The first-order valence-electron chi connectivity index (χ1n) is 6.25. The number of carbonyl (C=O) groups is 1. The number of amides is 1. The van der Waals surface area contributed by atoms with Gasteiger partial charge in [0.1, 0.15) is 10.7 Å². The number of aromatic nitrogens is 1. The van der Waals surface area contributed by atoms with Crippen molar-refractivity contribution in [1.82, 2.24) is 10.3 Å². The second kappa shape index (κ2) is 6.58. The summed E-state index contributed by atoms with van der Waals surface area (Å²) < 4.78 is 0. The van der Waals surface area contributed by atoms with Gasteiger partial charge in [0.25, 0.3) is 5.91 Å². The number of nitrogen functional groups attached to an aromatic ring is 1. The Morgan fingerprint density at radius 3 is 2.67 bits per heavy atom. The summed E-state index contributed by atoms with van der Waals surface area (Å²) in [5.74, 6) is 0.712. The summed E-state index contributed by atoms with van der Waals surface area (Å²) in [6.07, 6.45) is 0.949. The highest BCUT2D eigenvalue weighted by atomic mass is 32.1. The number of carbonyl (C=O) groups excluding carboxylic acids is 1. The largest absolute Gasteiger partial charge is 0.382 e. The van der Waals surface area contributed by atoms with Crippen molar-refractivity contribution in [2.45, 2.75) is 40.2 Å². The third-order valence-corrected chi connectivity index (χ3v) is 3.42. The Labute approximate surface area is 112 Å². The summed E-state index contributed by atoms with van der Waals surface area (Å²) in [4.78, 5) is 16.6. The van der Waals surface area contributed by atoms with Crippen LogP contribution >= 0.6 is 11.3 Å². The van der Waals surface area contributed by atoms with Crippen molar-refractivity contribution in [3.8, 4) is 0 Å². The number of hydrogen-bond donors (Lipinski definition) is 3. The van der Waals surface area contributed by atoms with E-state index in [0.717, 1.165) is 13.0 Å². The molecule has 0 saturated carbocycles. The fourth-order valence-corrected chi connectivity index (χ4v) is 2.63. The van der Waals surface area contributed by atoms with E-state index in [1.165, 1.54) is 11.3 Å². The van der Waals surface area contributed by atoms with Gasteiger partial charge in [-0.05, 0) is 26.2 Å². The molecular weight excluding hydrogens is 248 g/mol. The smallest absolute Gasteiger partial charge is 0.265 e. The van der Waals surface area contributed by atoms with Gasteiger partial charge >= 0.3 is 0 Å². The monoisotopic (exact) mass is 270 g/mol. The molecule has 102 valence electrons. The molecule has 0 spiro atoms. The first-order valence-corrected chi connectivity index (χ1v) is 7.06. The van der Waals surface area contributed by atoms with Crippen LogP contribution in [-0.4, -0.2) is 23.5 Å². The SMILES string of the molecule is CCNc1nc(N)c(C(=O)NC(C)CC(C)C)s1. The van der Waals surface area contributed by atoms with Gasteiger partial charge in [-0.15, -0.1) is 0 Å². The zero-order valence-electron chi connectivity index (χ0n) is 11.4. The first kappa shape index (κ1) is 14.8. The summed E-state index contributed by atoms with van der Waals surface area (Å²) in [5.41, 5.74) is 5.75. The summed E-state index contributed by atoms with van der Waals surface area (Å²) in [6, 6.07) is 0.140. The van der Waals surface area contributed by atoms with E-state index in [2.05, 4.69) is 29.5 Å². The highest BCUT2D eigenvalue weighted by molar-refractivity contribution is 7.18. The maximum absolute atomic E-state index is 12.0. The minimum atomic E-state index is -0.137. The lowest BCUT2D eigenvalue weighted by atomic mass is 10.1. The average molecular weight is 270 g/mol. The van der Waals surface area contributed by atoms with Gasteiger partial charge in [0.2, 0.25) is 0 Å². The zero-order chi connectivity index (χ0) is 13.7. The van der Waals surface area contributed by atoms with Gasteiger partial charge in [-0.1, -0.05) is 25.2 Å². The van der Waals surface area contributed by atoms with E-state index in [0.29, 0.717) is 21.7 Å². The molecule has 1 unspecified atom stereocenters. The molecule has 1 aromatic heterocycles. The van der Waals surface area contributed by atoms with Crippen molar-refractivity contribution in [2.24, 2.45) is 5.92 Å². The molecule has 0 radical (unpaired) electrons. The van der Waals surface area contributed by atoms with Crippen molar-refractivity contribution >= 4 is 28.2 Å². The van der Waals surface area contributed by atoms with E-state index >= 15 is 0 Å². The fourth-order valence-electron chi connectivity index (χ4n) is 1.78. The molecule has 1 heterocycles. The van der Waals surface area contributed by atoms with Crippen LogP contribution in [0.5, 0.6) is 0 Å². The van der Waals surface area contributed by atoms with Crippen molar-refractivity contribution in [3.05, 3.63) is 4.88 Å². The van der Waals surface area contributed by atoms with Crippen LogP contribution in [0.4, 0.5) is 10.9 Å². The van der Waals surface area contributed by atoms with E-state index in [9.17, 15) is 4.79 Å². The average Bonchev–Trinajstić information content (AvgIpc) is 2.58. The summed E-state index contributed by atoms with van der Waals surface area (Å²) >= 11 is 1.29. The number of nitrogens with one attached hydrogen (secondary N) is 2. The topological polar surface area (TPSA) is 80.0 Å². The predicted molar refractivity (Wildman–Crippen MR) is 77.1 cm³/mol. The molecule has 1 amide bonds. The number of nitrogens with zero attached hydrogens (tertiary/aromatic N) is 1. The Morgan fingerprint density at radius 2 is 2.11 bits per heavy atom. The van der Waals surface area contributed by atoms with Crippen molar-refractivity contribution < 1.29 is 4.79 Å². The van der Waals surface area contributed by atoms with Crippen LogP contribution in [0, 0.1) is 5.92 Å². The molecule has 0 aliphatic carbocycles. The van der Waals surface area contributed by atoms with Crippen LogP contribution in [0.1, 0.15) is 43.8 Å². The van der Waals surface area contributed by atoms with Crippen LogP contribution in [0.25, 0.3) is 0 Å². The molecule has 4 N–H and O–H groups in total. The van der Waals surface area contributed by atoms with Crippen LogP contribution in [-0.2, 0) is 0 Å². The van der Waals surface area contributed by atoms with Crippen LogP contribution < -0.4 is 16.4 Å². The lowest BCUT2D eigenvalue weighted by Gasteiger charge is -2.15. The lowest BCUT2D eigenvalue weighted by Crippen LogP contribution is -2.33. The third-order valence-electron chi connectivity index (χ3n) is 2.39. The highest BCUT2D eigenvalue weighted by Gasteiger charge is 2.18. The molecule has 5 nitrogen and oxygen atoms in total. The van der Waals surface area contributed by atoms with Gasteiger partial charge in [0.15, 0.2) is 5.13 Å². The zero-order valence-corrected chi connectivity index (χ0v) is 12.2. The van der Waals surface area contributed by atoms with Gasteiger partial charge < -0.3 is 16.4 Å². The highest BCUT2D eigenvalue weighted by Crippen LogP contribution is 2.24. The van der Waals surface area contributed by atoms with Crippen molar-refractivity contribution in [3.63, 3.8) is 0 Å². The number of hydrogen-bond acceptors (Lipinski definition) is 5. The van der Waals surface area contributed by atoms with Crippen LogP contribution in [0.2, 0.25) is 0 Å². The summed E-state index contributed by atoms with van der Waals surface area (Å²) in [5, 5.41) is 6.70. The number of anilines is 2. The Bertz CT molecular complexity index is 403. The van der Waals surface area contributed by atoms with Crippen molar-refractivity contribution in [2.75, 3.05) is 17.6 Å². The molecule has 0 aromatic carbocycles. The van der Waals surface area contributed by atoms with Crippen LogP contribution in [0.3, 0.4) is 0 Å². The minimum Gasteiger partial charge on any atom is -0.382 e. The number of nitrogens with two attached hydrogens (primary N) is 1. The molecule has 18 heavy (non-hydrogen) atoms. The Hall–Kier alpha value is -1.30. The summed E-state index contributed by atoms with van der Waals surface area (Å²) in [7, 11) is 0. The summed E-state index contributed by atoms with van der Waals surface area (Å²) in [6.45, 7) is 9.00. The molecule has 0 saturated heterocycles. The van der Waals surface area contributed by atoms with Gasteiger partial charge in [-0.2, -0.15) is 0 Å². The second-order valence-corrected chi connectivity index (χ2v) is 5.77. The van der Waals surface area contributed by atoms with Crippen molar-refractivity contribution in [1.29, 1.82) is 0 Å². The first-order chi connectivity index (χ1) is 8.43. The van der Waals surface area contributed by atoms with E-state index < -0.39 is 0 Å². The Morgan fingerprint density at radius 1 is 1.44 bits per heavy atom. The minimum absolute atomic E-state index is 0.137. The fraction of sp³-hybridized carbons (Fsp3) is 0.667. The standard InChI is InChI=1S/C12H22N4OS/c1-5-14-12-16-10(13)9(18-12)11(17)15-8(4)6-7(2)3/h7-8H,5-6,13H2,1-4H3,(H,14,16)(H,15,17). The lowest BCUT2D eigenvalue weighted by molar-refractivity contribution is 0.0941. The molecule has 0 aliphatic heterocycles. The third kappa shape index (κ3) is 4.18. The maximum Gasteiger partial charge on any atom is 0.265 e. The van der Waals surface area contributed by atoms with Gasteiger partial charge in [-0.3, -0.25) is 4.79 Å². The molecule has 0 aliphatic rings. The predicted octanol–water partition coefficient (Wildman–Crippen LogP) is 2.32. The molecular formula is C12H22N4OS. The van der Waals surface area contributed by atoms with Gasteiger partial charge in [0, 0.05) is 12.6 Å². The van der Waals surface area contributed by atoms with Gasteiger partial charge in [-0.25, -0.2) is 4.98 Å². The van der Waals surface area contributed by atoms with E-state index in [1.807, 2.05) is 13.8 Å². The Balaban J connectivity index is 2.66. The molecule has 6 heteroatoms. The molecule has 1 rings (SSSR count). The number of thiazole rings is 1. The normalized spacial score (nSPS) is 12.5. The number of rotatable bonds is 6. The quantitative estimate of drug-likeness (QED) is 0.741. The Kier molecular flexibility index (Phi) is 5.40. The molecule has 1 atom stereocenters. The van der Waals surface area contributed by atoms with E-state index in [4.69, 9.17) is 5.73 Å². The van der Waals surface area contributed by atoms with Gasteiger partial charge in [0.05, 0.1) is 0 Å².